The van der Waals surface area contributed by atoms with Gasteiger partial charge in [-0.3, -0.25) is 9.59 Å². The van der Waals surface area contributed by atoms with Crippen LogP contribution in [0.1, 0.15) is 33.3 Å². The molecule has 0 bridgehead atoms. The van der Waals surface area contributed by atoms with Crippen LogP contribution in [0.4, 0.5) is 0 Å². The summed E-state index contributed by atoms with van der Waals surface area (Å²) in [5.74, 6) is 0.436. The van der Waals surface area contributed by atoms with E-state index < -0.39 is 10.8 Å². The Balaban J connectivity index is 2.83. The maximum absolute atomic E-state index is 12.5. The molecular formula is C17H25BrN2O2S. The van der Waals surface area contributed by atoms with E-state index in [4.69, 9.17) is 0 Å². The summed E-state index contributed by atoms with van der Waals surface area (Å²) in [7, 11) is 0. The van der Waals surface area contributed by atoms with E-state index in [1.807, 2.05) is 45.9 Å². The molecular weight excluding hydrogens is 376 g/mol. The maximum Gasteiger partial charge on any atom is 0.244 e. The lowest BCUT2D eigenvalue weighted by Crippen LogP contribution is -2.57. The van der Waals surface area contributed by atoms with Crippen LogP contribution in [0.3, 0.4) is 0 Å². The Hall–Kier alpha value is -1.01. The molecule has 0 aromatic heterocycles. The summed E-state index contributed by atoms with van der Waals surface area (Å²) in [4.78, 5) is 24.3. The number of thioether (sulfide) groups is 1. The van der Waals surface area contributed by atoms with Gasteiger partial charge >= 0.3 is 0 Å². The average Bonchev–Trinajstić information content (AvgIpc) is 2.50. The van der Waals surface area contributed by atoms with Crippen LogP contribution in [-0.2, 0) is 15.3 Å². The summed E-state index contributed by atoms with van der Waals surface area (Å²) in [6.07, 6.45) is 0. The Labute approximate surface area is 151 Å². The zero-order valence-corrected chi connectivity index (χ0v) is 16.5. The van der Waals surface area contributed by atoms with Gasteiger partial charge in [0, 0.05) is 16.5 Å². The third-order valence-electron chi connectivity index (χ3n) is 3.27. The molecule has 0 heterocycles. The molecule has 0 unspecified atom stereocenters. The van der Waals surface area contributed by atoms with Crippen LogP contribution in [0.15, 0.2) is 30.3 Å². The number of amides is 2. The molecule has 6 heteroatoms. The highest BCUT2D eigenvalue weighted by Gasteiger charge is 2.37. The van der Waals surface area contributed by atoms with Crippen LogP contribution < -0.4 is 10.6 Å². The fourth-order valence-corrected chi connectivity index (χ4v) is 3.28. The van der Waals surface area contributed by atoms with Crippen molar-refractivity contribution in [3.8, 4) is 0 Å². The van der Waals surface area contributed by atoms with Gasteiger partial charge in [0.15, 0.2) is 0 Å². The summed E-state index contributed by atoms with van der Waals surface area (Å²) in [6, 6.07) is 9.53. The van der Waals surface area contributed by atoms with E-state index in [1.54, 1.807) is 11.8 Å². The van der Waals surface area contributed by atoms with Gasteiger partial charge in [-0.15, -0.1) is 11.8 Å². The van der Waals surface area contributed by atoms with Crippen molar-refractivity contribution in [3.63, 3.8) is 0 Å². The summed E-state index contributed by atoms with van der Waals surface area (Å²) >= 11 is 4.79. The number of halogens is 1. The quantitative estimate of drug-likeness (QED) is 0.659. The Morgan fingerprint density at radius 3 is 2.30 bits per heavy atom. The first-order valence-corrected chi connectivity index (χ1v) is 9.70. The Kier molecular flexibility index (Phi) is 8.12. The van der Waals surface area contributed by atoms with Crippen molar-refractivity contribution in [1.82, 2.24) is 10.6 Å². The molecule has 0 spiro atoms. The molecule has 0 saturated carbocycles. The van der Waals surface area contributed by atoms with Gasteiger partial charge in [-0.2, -0.15) is 0 Å². The number of alkyl halides is 1. The van der Waals surface area contributed by atoms with Gasteiger partial charge in [-0.05, 0) is 33.3 Å². The number of hydrogen-bond acceptors (Lipinski definition) is 3. The zero-order valence-electron chi connectivity index (χ0n) is 14.1. The van der Waals surface area contributed by atoms with Crippen LogP contribution in [0.2, 0.25) is 0 Å². The third-order valence-corrected chi connectivity index (χ3v) is 5.24. The lowest BCUT2D eigenvalue weighted by molar-refractivity contribution is -0.128. The van der Waals surface area contributed by atoms with Crippen LogP contribution in [0, 0.1) is 0 Å². The van der Waals surface area contributed by atoms with Crippen molar-refractivity contribution in [2.24, 2.45) is 0 Å². The van der Waals surface area contributed by atoms with Crippen molar-refractivity contribution >= 4 is 39.5 Å². The van der Waals surface area contributed by atoms with Crippen molar-refractivity contribution in [2.75, 3.05) is 5.33 Å². The molecule has 0 aliphatic carbocycles. The largest absolute Gasteiger partial charge is 0.352 e. The van der Waals surface area contributed by atoms with Gasteiger partial charge in [0.1, 0.15) is 6.04 Å². The molecule has 0 radical (unpaired) electrons. The van der Waals surface area contributed by atoms with Crippen molar-refractivity contribution in [2.45, 2.75) is 50.3 Å². The van der Waals surface area contributed by atoms with E-state index in [-0.39, 0.29) is 23.2 Å². The Morgan fingerprint density at radius 2 is 1.78 bits per heavy atom. The van der Waals surface area contributed by atoms with E-state index in [9.17, 15) is 9.59 Å². The normalized spacial score (nSPS) is 12.8. The molecule has 1 aromatic rings. The molecule has 0 aliphatic rings. The summed E-state index contributed by atoms with van der Waals surface area (Å²) < 4.78 is -0.438. The highest BCUT2D eigenvalue weighted by atomic mass is 79.9. The van der Waals surface area contributed by atoms with E-state index in [0.717, 1.165) is 5.75 Å². The first-order chi connectivity index (χ1) is 10.8. The smallest absolute Gasteiger partial charge is 0.244 e. The van der Waals surface area contributed by atoms with Gasteiger partial charge in [-0.1, -0.05) is 46.3 Å². The second-order valence-corrected chi connectivity index (χ2v) is 8.37. The molecule has 2 N–H and O–H groups in total. The van der Waals surface area contributed by atoms with Crippen molar-refractivity contribution in [3.05, 3.63) is 35.9 Å². The zero-order chi connectivity index (χ0) is 17.5. The van der Waals surface area contributed by atoms with Crippen LogP contribution >= 0.6 is 27.7 Å². The van der Waals surface area contributed by atoms with Crippen molar-refractivity contribution < 1.29 is 9.59 Å². The number of nitrogens with one attached hydrogen (secondary N) is 2. The number of carbonyl (C=O) groups excluding carboxylic acids is 2. The minimum atomic E-state index is -0.594. The van der Waals surface area contributed by atoms with E-state index >= 15 is 0 Å². The lowest BCUT2D eigenvalue weighted by atomic mass is 10.0. The topological polar surface area (TPSA) is 58.2 Å². The molecule has 1 atom stereocenters. The molecule has 2 amide bonds. The van der Waals surface area contributed by atoms with Gasteiger partial charge < -0.3 is 10.6 Å². The minimum absolute atomic E-state index is 0.0285. The summed E-state index contributed by atoms with van der Waals surface area (Å²) in [5.41, 5.74) is 1.19. The molecule has 0 fully saturated rings. The number of benzene rings is 1. The van der Waals surface area contributed by atoms with E-state index in [1.165, 1.54) is 5.56 Å². The second kappa shape index (κ2) is 9.33. The molecule has 0 saturated heterocycles. The third kappa shape index (κ3) is 6.96. The number of hydrogen-bond donors (Lipinski definition) is 2. The fourth-order valence-electron chi connectivity index (χ4n) is 2.05. The van der Waals surface area contributed by atoms with Gasteiger partial charge in [0.05, 0.1) is 5.33 Å². The van der Waals surface area contributed by atoms with Gasteiger partial charge in [-0.25, -0.2) is 0 Å². The van der Waals surface area contributed by atoms with Crippen LogP contribution in [-0.4, -0.2) is 34.0 Å². The number of rotatable bonds is 8. The van der Waals surface area contributed by atoms with E-state index in [2.05, 4.69) is 38.7 Å². The highest BCUT2D eigenvalue weighted by Crippen LogP contribution is 2.31. The average molecular weight is 401 g/mol. The Morgan fingerprint density at radius 1 is 1.17 bits per heavy atom. The molecule has 128 valence electrons. The second-order valence-electron chi connectivity index (χ2n) is 6.18. The molecule has 1 aromatic carbocycles. The lowest BCUT2D eigenvalue weighted by Gasteiger charge is -2.34. The predicted octanol–water partition coefficient (Wildman–Crippen LogP) is 3.10. The predicted molar refractivity (Wildman–Crippen MR) is 101 cm³/mol. The SMILES string of the molecule is CC(C)NC(=O)[C@H](NC(=O)CBr)C(C)(C)SCc1ccccc1. The summed E-state index contributed by atoms with van der Waals surface area (Å²) in [6.45, 7) is 7.79. The molecule has 4 nitrogen and oxygen atoms in total. The maximum atomic E-state index is 12.5. The van der Waals surface area contributed by atoms with Crippen LogP contribution in [0.5, 0.6) is 0 Å². The minimum Gasteiger partial charge on any atom is -0.352 e. The number of carbonyl (C=O) groups is 2. The Bertz CT molecular complexity index is 521. The summed E-state index contributed by atoms with van der Waals surface area (Å²) in [5, 5.41) is 5.90. The standard InChI is InChI=1S/C17H25BrN2O2S/c1-12(2)19-16(22)15(20-14(21)10-18)17(3,4)23-11-13-8-6-5-7-9-13/h5-9,12,15H,10-11H2,1-4H3,(H,19,22)(H,20,21)/t15-/m0/s1. The van der Waals surface area contributed by atoms with Gasteiger partial charge in [0.2, 0.25) is 11.8 Å². The first kappa shape index (κ1) is 20.0. The van der Waals surface area contributed by atoms with Crippen molar-refractivity contribution in [1.29, 1.82) is 0 Å². The monoisotopic (exact) mass is 400 g/mol. The highest BCUT2D eigenvalue weighted by molar-refractivity contribution is 9.09. The fraction of sp³-hybridized carbons (Fsp3) is 0.529. The molecule has 0 aliphatic heterocycles. The first-order valence-electron chi connectivity index (χ1n) is 7.60. The molecule has 1 rings (SSSR count). The molecule has 23 heavy (non-hydrogen) atoms. The van der Waals surface area contributed by atoms with Crippen LogP contribution in [0.25, 0.3) is 0 Å². The van der Waals surface area contributed by atoms with E-state index in [0.29, 0.717) is 0 Å². The van der Waals surface area contributed by atoms with Gasteiger partial charge in [0.25, 0.3) is 0 Å².